The van der Waals surface area contributed by atoms with Gasteiger partial charge in [0.05, 0.1) is 23.2 Å². The Morgan fingerprint density at radius 2 is 1.71 bits per heavy atom. The van der Waals surface area contributed by atoms with Crippen LogP contribution < -0.4 is 0 Å². The molecule has 0 aromatic carbocycles. The van der Waals surface area contributed by atoms with Crippen LogP contribution in [0.15, 0.2) is 10.7 Å². The lowest BCUT2D eigenvalue weighted by Gasteiger charge is -2.56. The maximum atomic E-state index is 12.8. The van der Waals surface area contributed by atoms with Crippen LogP contribution in [0.4, 0.5) is 0 Å². The fraction of sp³-hybridized carbons (Fsp3) is 0.778. The predicted octanol–water partition coefficient (Wildman–Crippen LogP) is 3.04. The Balaban J connectivity index is 1.45. The van der Waals surface area contributed by atoms with Gasteiger partial charge in [0.15, 0.2) is 5.69 Å². The zero-order valence-corrected chi connectivity index (χ0v) is 15.5. The smallest absolute Gasteiger partial charge is 0.275 e. The van der Waals surface area contributed by atoms with E-state index in [9.17, 15) is 4.79 Å². The summed E-state index contributed by atoms with van der Waals surface area (Å²) < 4.78 is 8.36. The highest BCUT2D eigenvalue weighted by molar-refractivity contribution is 9.10. The number of carbonyl (C=O) groups excluding carboxylic acids is 1. The van der Waals surface area contributed by atoms with Gasteiger partial charge in [-0.3, -0.25) is 9.48 Å². The molecule has 4 aliphatic carbocycles. The number of hydrogen-bond donors (Lipinski definition) is 0. The van der Waals surface area contributed by atoms with Crippen molar-refractivity contribution in [2.75, 3.05) is 26.3 Å². The Labute approximate surface area is 150 Å². The van der Waals surface area contributed by atoms with Gasteiger partial charge in [-0.1, -0.05) is 0 Å². The summed E-state index contributed by atoms with van der Waals surface area (Å²) >= 11 is 3.60. The maximum absolute atomic E-state index is 12.8. The number of hydrogen-bond acceptors (Lipinski definition) is 3. The zero-order valence-electron chi connectivity index (χ0n) is 13.9. The second-order valence-electron chi connectivity index (χ2n) is 8.32. The number of amides is 1. The summed E-state index contributed by atoms with van der Waals surface area (Å²) in [5.74, 6) is 2.65. The Bertz CT molecular complexity index is 630. The summed E-state index contributed by atoms with van der Waals surface area (Å²) in [7, 11) is 0. The molecular formula is C18H24BrN3O2. The van der Waals surface area contributed by atoms with Gasteiger partial charge in [-0.05, 0) is 72.2 Å². The average Bonchev–Trinajstić information content (AvgIpc) is 2.96. The van der Waals surface area contributed by atoms with Gasteiger partial charge in [0.25, 0.3) is 5.91 Å². The molecule has 4 saturated carbocycles. The van der Waals surface area contributed by atoms with Gasteiger partial charge in [-0.15, -0.1) is 0 Å². The van der Waals surface area contributed by atoms with Gasteiger partial charge in [0, 0.05) is 19.3 Å². The third-order valence-corrected chi connectivity index (χ3v) is 7.24. The normalized spacial score (nSPS) is 37.9. The number of carbonyl (C=O) groups is 1. The topological polar surface area (TPSA) is 47.4 Å². The molecule has 6 rings (SSSR count). The van der Waals surface area contributed by atoms with E-state index in [1.54, 1.807) is 0 Å². The maximum Gasteiger partial charge on any atom is 0.275 e. The van der Waals surface area contributed by atoms with E-state index < -0.39 is 0 Å². The number of ether oxygens (including phenoxy) is 1. The summed E-state index contributed by atoms with van der Waals surface area (Å²) in [6.45, 7) is 2.57. The van der Waals surface area contributed by atoms with E-state index in [4.69, 9.17) is 9.84 Å². The molecule has 1 saturated heterocycles. The minimum Gasteiger partial charge on any atom is -0.378 e. The van der Waals surface area contributed by atoms with Crippen molar-refractivity contribution >= 4 is 21.8 Å². The van der Waals surface area contributed by atoms with E-state index in [-0.39, 0.29) is 11.4 Å². The van der Waals surface area contributed by atoms with Crippen molar-refractivity contribution in [2.24, 2.45) is 17.8 Å². The Kier molecular flexibility index (Phi) is 3.56. The molecule has 4 bridgehead atoms. The van der Waals surface area contributed by atoms with Crippen LogP contribution in [0.5, 0.6) is 0 Å². The van der Waals surface area contributed by atoms with Crippen molar-refractivity contribution < 1.29 is 9.53 Å². The minimum atomic E-state index is 0.0358. The molecule has 5 nitrogen and oxygen atoms in total. The van der Waals surface area contributed by atoms with Crippen LogP contribution in [0.1, 0.15) is 49.0 Å². The molecular weight excluding hydrogens is 370 g/mol. The fourth-order valence-corrected chi connectivity index (χ4v) is 6.45. The summed E-state index contributed by atoms with van der Waals surface area (Å²) in [6, 6.07) is 0. The van der Waals surface area contributed by atoms with Crippen molar-refractivity contribution in [1.82, 2.24) is 14.7 Å². The van der Waals surface area contributed by atoms with E-state index in [1.807, 2.05) is 4.90 Å². The van der Waals surface area contributed by atoms with E-state index in [0.29, 0.717) is 32.0 Å². The van der Waals surface area contributed by atoms with Crippen molar-refractivity contribution in [1.29, 1.82) is 0 Å². The molecule has 5 fully saturated rings. The van der Waals surface area contributed by atoms with Crippen molar-refractivity contribution in [3.05, 3.63) is 16.4 Å². The van der Waals surface area contributed by atoms with Gasteiger partial charge in [-0.2, -0.15) is 5.10 Å². The zero-order chi connectivity index (χ0) is 16.3. The van der Waals surface area contributed by atoms with Crippen molar-refractivity contribution in [3.63, 3.8) is 0 Å². The van der Waals surface area contributed by atoms with Crippen LogP contribution in [0.25, 0.3) is 0 Å². The molecule has 0 atom stereocenters. The second kappa shape index (κ2) is 5.56. The van der Waals surface area contributed by atoms with Crippen LogP contribution in [0.2, 0.25) is 0 Å². The highest BCUT2D eigenvalue weighted by Crippen LogP contribution is 2.58. The lowest BCUT2D eigenvalue weighted by Crippen LogP contribution is -2.52. The van der Waals surface area contributed by atoms with Crippen LogP contribution in [0, 0.1) is 17.8 Å². The quantitative estimate of drug-likeness (QED) is 0.775. The monoisotopic (exact) mass is 393 g/mol. The summed E-state index contributed by atoms with van der Waals surface area (Å²) in [4.78, 5) is 14.7. The third-order valence-electron chi connectivity index (χ3n) is 6.66. The van der Waals surface area contributed by atoms with Crippen LogP contribution in [-0.2, 0) is 10.3 Å². The molecule has 1 aromatic rings. The van der Waals surface area contributed by atoms with Gasteiger partial charge in [0.2, 0.25) is 0 Å². The van der Waals surface area contributed by atoms with Gasteiger partial charge >= 0.3 is 0 Å². The molecule has 0 radical (unpaired) electrons. The highest BCUT2D eigenvalue weighted by Gasteiger charge is 2.52. The standard InChI is InChI=1S/C18H24BrN3O2/c19-15-11-22(20-16(15)17(23)21-1-3-24-4-2-21)18-8-12-5-13(9-18)7-14(6-12)10-18/h11-14H,1-10H2. The Morgan fingerprint density at radius 3 is 2.29 bits per heavy atom. The van der Waals surface area contributed by atoms with E-state index >= 15 is 0 Å². The molecule has 1 aromatic heterocycles. The third kappa shape index (κ3) is 2.37. The summed E-state index contributed by atoms with van der Waals surface area (Å²) in [5.41, 5.74) is 0.744. The number of morpholine rings is 1. The first-order chi connectivity index (χ1) is 11.6. The van der Waals surface area contributed by atoms with Gasteiger partial charge < -0.3 is 9.64 Å². The average molecular weight is 394 g/mol. The molecule has 2 heterocycles. The number of halogens is 1. The SMILES string of the molecule is O=C(c1nn(C23CC4CC(CC(C4)C2)C3)cc1Br)N1CCOCC1. The lowest BCUT2D eigenvalue weighted by molar-refractivity contribution is -0.0495. The van der Waals surface area contributed by atoms with Crippen LogP contribution >= 0.6 is 15.9 Å². The first-order valence-corrected chi connectivity index (χ1v) is 10.0. The first-order valence-electron chi connectivity index (χ1n) is 9.26. The first kappa shape index (κ1) is 15.4. The lowest BCUT2D eigenvalue weighted by atomic mass is 9.53. The number of aromatic nitrogens is 2. The summed E-state index contributed by atoms with van der Waals surface area (Å²) in [6.07, 6.45) is 10.1. The van der Waals surface area contributed by atoms with Crippen LogP contribution in [-0.4, -0.2) is 46.9 Å². The molecule has 5 aliphatic rings. The van der Waals surface area contributed by atoms with Gasteiger partial charge in [0.1, 0.15) is 0 Å². The Hall–Kier alpha value is -0.880. The largest absolute Gasteiger partial charge is 0.378 e. The second-order valence-corrected chi connectivity index (χ2v) is 9.17. The molecule has 24 heavy (non-hydrogen) atoms. The number of nitrogens with zero attached hydrogens (tertiary/aromatic N) is 3. The predicted molar refractivity (Wildman–Crippen MR) is 92.8 cm³/mol. The molecule has 1 amide bonds. The Morgan fingerprint density at radius 1 is 1.12 bits per heavy atom. The van der Waals surface area contributed by atoms with E-state index in [0.717, 1.165) is 22.2 Å². The number of rotatable bonds is 2. The molecule has 0 spiro atoms. The van der Waals surface area contributed by atoms with Crippen LogP contribution in [0.3, 0.4) is 0 Å². The van der Waals surface area contributed by atoms with Crippen molar-refractivity contribution in [2.45, 2.75) is 44.1 Å². The van der Waals surface area contributed by atoms with E-state index in [1.165, 1.54) is 38.5 Å². The highest BCUT2D eigenvalue weighted by atomic mass is 79.9. The molecule has 6 heteroatoms. The molecule has 130 valence electrons. The minimum absolute atomic E-state index is 0.0358. The molecule has 0 N–H and O–H groups in total. The van der Waals surface area contributed by atoms with Gasteiger partial charge in [-0.25, -0.2) is 0 Å². The van der Waals surface area contributed by atoms with E-state index in [2.05, 4.69) is 26.8 Å². The van der Waals surface area contributed by atoms with Crippen molar-refractivity contribution in [3.8, 4) is 0 Å². The summed E-state index contributed by atoms with van der Waals surface area (Å²) in [5, 5.41) is 4.81. The molecule has 0 unspecified atom stereocenters. The fourth-order valence-electron chi connectivity index (χ4n) is 6.00. The molecule has 1 aliphatic heterocycles.